The van der Waals surface area contributed by atoms with E-state index in [2.05, 4.69) is 21.1 Å². The lowest BCUT2D eigenvalue weighted by atomic mass is 10.0. The molecule has 0 aromatic heterocycles. The number of benzene rings is 3. The van der Waals surface area contributed by atoms with Crippen molar-refractivity contribution in [3.63, 3.8) is 0 Å². The lowest BCUT2D eigenvalue weighted by Crippen LogP contribution is -2.09. The third-order valence-corrected chi connectivity index (χ3v) is 6.31. The van der Waals surface area contributed by atoms with Crippen molar-refractivity contribution >= 4 is 43.8 Å². The summed E-state index contributed by atoms with van der Waals surface area (Å²) in [5, 5.41) is 3.88. The van der Waals surface area contributed by atoms with E-state index in [1.807, 2.05) is 31.2 Å². The van der Waals surface area contributed by atoms with Crippen molar-refractivity contribution in [3.05, 3.63) is 99.5 Å². The molecule has 31 heavy (non-hydrogen) atoms. The summed E-state index contributed by atoms with van der Waals surface area (Å²) in [6.07, 6.45) is 1.63. The van der Waals surface area contributed by atoms with Gasteiger partial charge in [-0.3, -0.25) is 0 Å². The molecular formula is C23H16BrNO5S. The Hall–Kier alpha value is -3.23. The molecule has 0 atom stereocenters. The molecule has 0 spiro atoms. The molecule has 8 heteroatoms. The Morgan fingerprint density at radius 2 is 1.58 bits per heavy atom. The molecule has 1 heterocycles. The van der Waals surface area contributed by atoms with Gasteiger partial charge in [0.2, 0.25) is 0 Å². The summed E-state index contributed by atoms with van der Waals surface area (Å²) in [6, 6.07) is 20.1. The maximum atomic E-state index is 12.4. The van der Waals surface area contributed by atoms with Gasteiger partial charge in [-0.1, -0.05) is 63.0 Å². The quantitative estimate of drug-likeness (QED) is 0.285. The summed E-state index contributed by atoms with van der Waals surface area (Å²) in [7, 11) is -3.93. The normalized spacial score (nSPS) is 15.0. The van der Waals surface area contributed by atoms with Gasteiger partial charge in [0.1, 0.15) is 16.4 Å². The third-order valence-electron chi connectivity index (χ3n) is 4.52. The van der Waals surface area contributed by atoms with Crippen LogP contribution in [0.3, 0.4) is 0 Å². The molecule has 0 saturated carbocycles. The minimum Gasteiger partial charge on any atom is -0.379 e. The largest absolute Gasteiger partial charge is 0.379 e. The smallest absolute Gasteiger partial charge is 0.368 e. The van der Waals surface area contributed by atoms with E-state index in [1.54, 1.807) is 30.3 Å². The number of carbonyl (C=O) groups excluding carboxylic acids is 1. The van der Waals surface area contributed by atoms with Crippen LogP contribution < -0.4 is 4.18 Å². The Balaban J connectivity index is 1.55. The van der Waals surface area contributed by atoms with E-state index < -0.39 is 16.1 Å². The molecule has 3 aromatic rings. The summed E-state index contributed by atoms with van der Waals surface area (Å²) < 4.78 is 31.0. The Bertz CT molecular complexity index is 1290. The summed E-state index contributed by atoms with van der Waals surface area (Å²) in [5.74, 6) is -0.390. The minimum absolute atomic E-state index is 0.0772. The number of hydrogen-bond acceptors (Lipinski definition) is 6. The Kier molecular flexibility index (Phi) is 5.75. The van der Waals surface area contributed by atoms with Crippen molar-refractivity contribution in [3.8, 4) is 5.75 Å². The number of halogens is 1. The second-order valence-corrected chi connectivity index (χ2v) is 9.27. The fraction of sp³-hybridized carbons (Fsp3) is 0.0435. The van der Waals surface area contributed by atoms with Crippen LogP contribution in [0.1, 0.15) is 16.7 Å². The SMILES string of the molecule is Cc1ccc(S(=O)(=O)Oc2ccc(/C=C3\C(=O)ON=C3c3ccc(Br)cc3)cc2)cc1. The fourth-order valence-electron chi connectivity index (χ4n) is 2.89. The van der Waals surface area contributed by atoms with Crippen LogP contribution >= 0.6 is 15.9 Å². The topological polar surface area (TPSA) is 82.0 Å². The van der Waals surface area contributed by atoms with Crippen LogP contribution in [0.2, 0.25) is 0 Å². The molecule has 0 amide bonds. The van der Waals surface area contributed by atoms with Crippen LogP contribution in [0.5, 0.6) is 5.75 Å². The molecule has 0 aliphatic carbocycles. The average molecular weight is 498 g/mol. The highest BCUT2D eigenvalue weighted by atomic mass is 79.9. The monoisotopic (exact) mass is 497 g/mol. The van der Waals surface area contributed by atoms with E-state index in [1.165, 1.54) is 24.3 Å². The van der Waals surface area contributed by atoms with Crippen molar-refractivity contribution in [2.75, 3.05) is 0 Å². The molecule has 156 valence electrons. The maximum absolute atomic E-state index is 12.4. The maximum Gasteiger partial charge on any atom is 0.368 e. The van der Waals surface area contributed by atoms with Gasteiger partial charge < -0.3 is 9.02 Å². The molecule has 1 aliphatic rings. The highest BCUT2D eigenvalue weighted by Crippen LogP contribution is 2.24. The van der Waals surface area contributed by atoms with E-state index in [9.17, 15) is 13.2 Å². The first-order valence-electron chi connectivity index (χ1n) is 9.20. The van der Waals surface area contributed by atoms with Gasteiger partial charge in [0.15, 0.2) is 0 Å². The number of carbonyl (C=O) groups is 1. The highest BCUT2D eigenvalue weighted by molar-refractivity contribution is 9.10. The van der Waals surface area contributed by atoms with E-state index in [0.29, 0.717) is 16.8 Å². The number of nitrogens with zero attached hydrogens (tertiary/aromatic N) is 1. The van der Waals surface area contributed by atoms with Gasteiger partial charge in [0, 0.05) is 10.0 Å². The number of aryl methyl sites for hydroxylation is 1. The molecular weight excluding hydrogens is 482 g/mol. The molecule has 0 fully saturated rings. The third kappa shape index (κ3) is 4.76. The van der Waals surface area contributed by atoms with Crippen LogP contribution in [0.25, 0.3) is 6.08 Å². The van der Waals surface area contributed by atoms with Crippen molar-refractivity contribution in [1.29, 1.82) is 0 Å². The molecule has 1 aliphatic heterocycles. The van der Waals surface area contributed by atoms with Gasteiger partial charge in [-0.25, -0.2) is 4.79 Å². The highest BCUT2D eigenvalue weighted by Gasteiger charge is 2.26. The summed E-state index contributed by atoms with van der Waals surface area (Å²) in [5.41, 5.74) is 3.10. The van der Waals surface area contributed by atoms with Gasteiger partial charge in [0.05, 0.1) is 5.57 Å². The van der Waals surface area contributed by atoms with E-state index in [-0.39, 0.29) is 10.6 Å². The second kappa shape index (κ2) is 8.49. The van der Waals surface area contributed by atoms with Crippen LogP contribution in [0.4, 0.5) is 0 Å². The van der Waals surface area contributed by atoms with Gasteiger partial charge in [-0.15, -0.1) is 0 Å². The first-order valence-corrected chi connectivity index (χ1v) is 11.4. The van der Waals surface area contributed by atoms with E-state index in [0.717, 1.165) is 15.6 Å². The number of oxime groups is 1. The van der Waals surface area contributed by atoms with E-state index >= 15 is 0 Å². The lowest BCUT2D eigenvalue weighted by molar-refractivity contribution is -0.136. The fourth-order valence-corrected chi connectivity index (χ4v) is 4.09. The number of rotatable bonds is 5. The van der Waals surface area contributed by atoms with Crippen LogP contribution in [0, 0.1) is 6.92 Å². The Labute approximate surface area is 188 Å². The van der Waals surface area contributed by atoms with Crippen LogP contribution in [0.15, 0.2) is 92.9 Å². The standard InChI is InChI=1S/C23H16BrNO5S/c1-15-2-12-20(13-3-15)31(27,28)30-19-10-4-16(5-11-19)14-21-22(25-29-23(21)26)17-6-8-18(24)9-7-17/h2-14H,1H3/b21-14-. The number of hydrogen-bond donors (Lipinski definition) is 0. The van der Waals surface area contributed by atoms with Gasteiger partial charge in [0.25, 0.3) is 0 Å². The first-order chi connectivity index (χ1) is 14.8. The van der Waals surface area contributed by atoms with Gasteiger partial charge >= 0.3 is 16.1 Å². The minimum atomic E-state index is -3.93. The second-order valence-electron chi connectivity index (χ2n) is 6.80. The average Bonchev–Trinajstić information content (AvgIpc) is 3.10. The summed E-state index contributed by atoms with van der Waals surface area (Å²) >= 11 is 3.37. The zero-order valence-corrected chi connectivity index (χ0v) is 18.7. The van der Waals surface area contributed by atoms with Crippen LogP contribution in [-0.4, -0.2) is 20.1 Å². The van der Waals surface area contributed by atoms with Crippen molar-refractivity contribution in [1.82, 2.24) is 0 Å². The first kappa shape index (κ1) is 21.0. The van der Waals surface area contributed by atoms with E-state index in [4.69, 9.17) is 9.02 Å². The molecule has 0 saturated heterocycles. The van der Waals surface area contributed by atoms with Crippen molar-refractivity contribution in [2.45, 2.75) is 11.8 Å². The molecule has 0 N–H and O–H groups in total. The molecule has 0 unspecified atom stereocenters. The summed E-state index contributed by atoms with van der Waals surface area (Å²) in [6.45, 7) is 1.87. The van der Waals surface area contributed by atoms with Gasteiger partial charge in [-0.05, 0) is 55.0 Å². The lowest BCUT2D eigenvalue weighted by Gasteiger charge is -2.07. The van der Waals surface area contributed by atoms with Crippen molar-refractivity contribution < 1.29 is 22.2 Å². The zero-order valence-electron chi connectivity index (χ0n) is 16.3. The van der Waals surface area contributed by atoms with Crippen LogP contribution in [-0.2, 0) is 19.8 Å². The zero-order chi connectivity index (χ0) is 22.0. The molecule has 6 nitrogen and oxygen atoms in total. The molecule has 0 bridgehead atoms. The predicted octanol–water partition coefficient (Wildman–Crippen LogP) is 4.87. The summed E-state index contributed by atoms with van der Waals surface area (Å²) in [4.78, 5) is 17.1. The predicted molar refractivity (Wildman–Crippen MR) is 120 cm³/mol. The Morgan fingerprint density at radius 3 is 2.23 bits per heavy atom. The molecule has 4 rings (SSSR count). The van der Waals surface area contributed by atoms with Crippen molar-refractivity contribution in [2.24, 2.45) is 5.16 Å². The molecule has 0 radical (unpaired) electrons. The van der Waals surface area contributed by atoms with Gasteiger partial charge in [-0.2, -0.15) is 8.42 Å². The molecule has 3 aromatic carbocycles. The Morgan fingerprint density at radius 1 is 0.935 bits per heavy atom.